The Morgan fingerprint density at radius 1 is 1.43 bits per heavy atom. The zero-order valence-electron chi connectivity index (χ0n) is 7.61. The minimum atomic E-state index is -0.408. The summed E-state index contributed by atoms with van der Waals surface area (Å²) < 4.78 is 14.8. The number of nitrogens with zero attached hydrogens (tertiary/aromatic N) is 3. The summed E-state index contributed by atoms with van der Waals surface area (Å²) in [5.41, 5.74) is 6.16. The van der Waals surface area contributed by atoms with Crippen LogP contribution in [-0.4, -0.2) is 14.8 Å². The lowest BCUT2D eigenvalue weighted by molar-refractivity contribution is 0.611. The van der Waals surface area contributed by atoms with Crippen LogP contribution in [0.25, 0.3) is 5.69 Å². The summed E-state index contributed by atoms with van der Waals surface area (Å²) in [7, 11) is 0. The molecule has 0 spiro atoms. The molecular formula is C9H9FN4. The summed E-state index contributed by atoms with van der Waals surface area (Å²) in [6.07, 6.45) is 1.46. The van der Waals surface area contributed by atoms with Crippen molar-refractivity contribution in [2.45, 2.75) is 6.92 Å². The zero-order chi connectivity index (χ0) is 10.1. The second-order valence-corrected chi connectivity index (χ2v) is 2.95. The molecule has 1 aromatic carbocycles. The molecule has 5 heteroatoms. The topological polar surface area (TPSA) is 56.7 Å². The minimum Gasteiger partial charge on any atom is -0.399 e. The number of nitrogens with two attached hydrogens (primary N) is 1. The highest BCUT2D eigenvalue weighted by Gasteiger charge is 2.05. The summed E-state index contributed by atoms with van der Waals surface area (Å²) in [5.74, 6) is 0.191. The molecule has 0 amide bonds. The van der Waals surface area contributed by atoms with E-state index in [9.17, 15) is 4.39 Å². The predicted octanol–water partition coefficient (Wildman–Crippen LogP) is 1.30. The lowest BCUT2D eigenvalue weighted by Gasteiger charge is -2.02. The maximum Gasteiger partial charge on any atom is 0.150 e. The van der Waals surface area contributed by atoms with E-state index in [1.165, 1.54) is 17.1 Å². The molecule has 0 saturated heterocycles. The second-order valence-electron chi connectivity index (χ2n) is 2.95. The number of halogens is 1. The standard InChI is InChI=1S/C9H9FN4/c1-6-12-5-14(13-6)9-3-2-7(11)4-8(9)10/h2-5H,11H2,1H3. The van der Waals surface area contributed by atoms with Crippen molar-refractivity contribution in [1.29, 1.82) is 0 Å². The number of hydrogen-bond acceptors (Lipinski definition) is 3. The minimum absolute atomic E-state index is 0.347. The van der Waals surface area contributed by atoms with Crippen LogP contribution in [0.4, 0.5) is 10.1 Å². The van der Waals surface area contributed by atoms with E-state index < -0.39 is 5.82 Å². The Kier molecular flexibility index (Phi) is 1.92. The van der Waals surface area contributed by atoms with Gasteiger partial charge in [-0.3, -0.25) is 0 Å². The predicted molar refractivity (Wildman–Crippen MR) is 50.5 cm³/mol. The molecule has 72 valence electrons. The van der Waals surface area contributed by atoms with Crippen LogP contribution in [0.2, 0.25) is 0 Å². The Balaban J connectivity index is 2.52. The molecule has 2 N–H and O–H groups in total. The Bertz CT molecular complexity index is 464. The highest BCUT2D eigenvalue weighted by Crippen LogP contribution is 2.14. The second kappa shape index (κ2) is 3.10. The van der Waals surface area contributed by atoms with E-state index in [1.54, 1.807) is 19.1 Å². The van der Waals surface area contributed by atoms with Crippen LogP contribution in [0.5, 0.6) is 0 Å². The van der Waals surface area contributed by atoms with Crippen molar-refractivity contribution in [3.05, 3.63) is 36.2 Å². The molecule has 14 heavy (non-hydrogen) atoms. The molecule has 4 nitrogen and oxygen atoms in total. The average molecular weight is 192 g/mol. The third-order valence-electron chi connectivity index (χ3n) is 1.82. The summed E-state index contributed by atoms with van der Waals surface area (Å²) in [5, 5.41) is 4.00. The molecule has 0 atom stereocenters. The highest BCUT2D eigenvalue weighted by atomic mass is 19.1. The zero-order valence-corrected chi connectivity index (χ0v) is 7.61. The summed E-state index contributed by atoms with van der Waals surface area (Å²) in [4.78, 5) is 3.91. The molecule has 0 fully saturated rings. The van der Waals surface area contributed by atoms with Gasteiger partial charge >= 0.3 is 0 Å². The molecule has 0 aliphatic carbocycles. The molecule has 0 aliphatic heterocycles. The highest BCUT2D eigenvalue weighted by molar-refractivity contribution is 5.45. The number of benzene rings is 1. The van der Waals surface area contributed by atoms with Gasteiger partial charge in [0, 0.05) is 5.69 Å². The average Bonchev–Trinajstić information content (AvgIpc) is 2.51. The summed E-state index contributed by atoms with van der Waals surface area (Å²) in [6.45, 7) is 1.74. The van der Waals surface area contributed by atoms with Crippen LogP contribution in [0, 0.1) is 12.7 Å². The SMILES string of the molecule is Cc1ncn(-c2ccc(N)cc2F)n1. The first-order chi connectivity index (χ1) is 6.66. The van der Waals surface area contributed by atoms with Crippen molar-refractivity contribution in [3.63, 3.8) is 0 Å². The van der Waals surface area contributed by atoms with Crippen molar-refractivity contribution in [2.75, 3.05) is 5.73 Å². The molecule has 2 aromatic rings. The van der Waals surface area contributed by atoms with Gasteiger partial charge in [-0.25, -0.2) is 14.1 Å². The summed E-state index contributed by atoms with van der Waals surface area (Å²) >= 11 is 0. The van der Waals surface area contributed by atoms with Crippen LogP contribution < -0.4 is 5.73 Å². The van der Waals surface area contributed by atoms with Gasteiger partial charge in [0.05, 0.1) is 0 Å². The van der Waals surface area contributed by atoms with Gasteiger partial charge in [-0.05, 0) is 25.1 Å². The molecule has 0 unspecified atom stereocenters. The van der Waals surface area contributed by atoms with Gasteiger partial charge in [-0.15, -0.1) is 0 Å². The van der Waals surface area contributed by atoms with Crippen LogP contribution in [0.15, 0.2) is 24.5 Å². The first-order valence-corrected chi connectivity index (χ1v) is 4.10. The van der Waals surface area contributed by atoms with Crippen molar-refractivity contribution >= 4 is 5.69 Å². The monoisotopic (exact) mass is 192 g/mol. The van der Waals surface area contributed by atoms with Gasteiger partial charge in [-0.2, -0.15) is 5.10 Å². The molecular weight excluding hydrogens is 183 g/mol. The van der Waals surface area contributed by atoms with Gasteiger partial charge in [0.25, 0.3) is 0 Å². The van der Waals surface area contributed by atoms with Crippen molar-refractivity contribution in [2.24, 2.45) is 0 Å². The van der Waals surface area contributed by atoms with Gasteiger partial charge in [-0.1, -0.05) is 0 Å². The van der Waals surface area contributed by atoms with Crippen LogP contribution in [-0.2, 0) is 0 Å². The number of aromatic nitrogens is 3. The van der Waals surface area contributed by atoms with E-state index in [1.807, 2.05) is 0 Å². The lowest BCUT2D eigenvalue weighted by Crippen LogP contribution is -1.99. The smallest absolute Gasteiger partial charge is 0.150 e. The third kappa shape index (κ3) is 1.44. The Hall–Kier alpha value is -1.91. The Labute approximate surface area is 80.2 Å². The van der Waals surface area contributed by atoms with Gasteiger partial charge in [0.15, 0.2) is 5.82 Å². The van der Waals surface area contributed by atoms with Gasteiger partial charge < -0.3 is 5.73 Å². The molecule has 0 radical (unpaired) electrons. The number of nitrogen functional groups attached to an aromatic ring is 1. The fourth-order valence-corrected chi connectivity index (χ4v) is 1.17. The molecule has 0 bridgehead atoms. The maximum absolute atomic E-state index is 13.4. The fraction of sp³-hybridized carbons (Fsp3) is 0.111. The van der Waals surface area contributed by atoms with Crippen molar-refractivity contribution < 1.29 is 4.39 Å². The van der Waals surface area contributed by atoms with Crippen molar-refractivity contribution in [3.8, 4) is 5.69 Å². The van der Waals surface area contributed by atoms with Crippen molar-refractivity contribution in [1.82, 2.24) is 14.8 Å². The Morgan fingerprint density at radius 3 is 2.79 bits per heavy atom. The molecule has 0 aliphatic rings. The fourth-order valence-electron chi connectivity index (χ4n) is 1.17. The first kappa shape index (κ1) is 8.68. The van der Waals surface area contributed by atoms with E-state index in [0.29, 0.717) is 17.2 Å². The lowest BCUT2D eigenvalue weighted by atomic mass is 10.3. The molecule has 0 saturated carbocycles. The molecule has 1 heterocycles. The van der Waals surface area contributed by atoms with E-state index >= 15 is 0 Å². The number of anilines is 1. The van der Waals surface area contributed by atoms with E-state index in [2.05, 4.69) is 10.1 Å². The quantitative estimate of drug-likeness (QED) is 0.693. The largest absolute Gasteiger partial charge is 0.399 e. The number of hydrogen-bond donors (Lipinski definition) is 1. The van der Waals surface area contributed by atoms with Crippen LogP contribution >= 0.6 is 0 Å². The van der Waals surface area contributed by atoms with Crippen LogP contribution in [0.3, 0.4) is 0 Å². The number of aryl methyl sites for hydroxylation is 1. The molecule has 2 rings (SSSR count). The van der Waals surface area contributed by atoms with E-state index in [-0.39, 0.29) is 0 Å². The summed E-state index contributed by atoms with van der Waals surface area (Å²) in [6, 6.07) is 4.44. The number of rotatable bonds is 1. The first-order valence-electron chi connectivity index (χ1n) is 4.10. The van der Waals surface area contributed by atoms with Gasteiger partial charge in [0.1, 0.15) is 17.8 Å². The van der Waals surface area contributed by atoms with Gasteiger partial charge in [0.2, 0.25) is 0 Å². The van der Waals surface area contributed by atoms with Crippen LogP contribution in [0.1, 0.15) is 5.82 Å². The normalized spacial score (nSPS) is 10.4. The Morgan fingerprint density at radius 2 is 2.21 bits per heavy atom. The van der Waals surface area contributed by atoms with E-state index in [0.717, 1.165) is 0 Å². The van der Waals surface area contributed by atoms with E-state index in [4.69, 9.17) is 5.73 Å². The third-order valence-corrected chi connectivity index (χ3v) is 1.82. The maximum atomic E-state index is 13.4. The molecule has 1 aromatic heterocycles.